The largest absolute Gasteiger partial charge is 0.451 e. The van der Waals surface area contributed by atoms with Gasteiger partial charge >= 0.3 is 0 Å². The molecule has 5 aromatic rings. The first-order valence-corrected chi connectivity index (χ1v) is 10.2. The number of nitrogens with one attached hydrogen (secondary N) is 2. The van der Waals surface area contributed by atoms with E-state index < -0.39 is 0 Å². The number of benzene rings is 3. The molecule has 3 aromatic carbocycles. The number of carbonyl (C=O) groups excluding carboxylic acids is 1. The number of anilines is 1. The highest BCUT2D eigenvalue weighted by molar-refractivity contribution is 6.30. The number of aryl methyl sites for hydroxylation is 1. The van der Waals surface area contributed by atoms with E-state index in [1.807, 2.05) is 61.5 Å². The number of halogens is 1. The van der Waals surface area contributed by atoms with Gasteiger partial charge in [-0.2, -0.15) is 0 Å². The van der Waals surface area contributed by atoms with Gasteiger partial charge < -0.3 is 14.7 Å². The maximum absolute atomic E-state index is 12.8. The smallest absolute Gasteiger partial charge is 0.291 e. The quantitative estimate of drug-likeness (QED) is 0.335. The lowest BCUT2D eigenvalue weighted by atomic mass is 10.1. The fourth-order valence-corrected chi connectivity index (χ4v) is 3.53. The average Bonchev–Trinajstić information content (AvgIpc) is 3.43. The number of amides is 1. The molecule has 0 aliphatic carbocycles. The van der Waals surface area contributed by atoms with Gasteiger partial charge in [-0.15, -0.1) is 0 Å². The topological polar surface area (TPSA) is 70.9 Å². The van der Waals surface area contributed by atoms with E-state index in [1.165, 1.54) is 0 Å². The van der Waals surface area contributed by atoms with Gasteiger partial charge in [-0.05, 0) is 67.1 Å². The zero-order valence-electron chi connectivity index (χ0n) is 16.6. The molecule has 0 aliphatic heterocycles. The molecule has 0 bridgehead atoms. The van der Waals surface area contributed by atoms with E-state index >= 15 is 0 Å². The van der Waals surface area contributed by atoms with Crippen molar-refractivity contribution in [3.8, 4) is 22.7 Å². The number of para-hydroxylation sites is 2. The molecule has 0 fully saturated rings. The third-order valence-electron chi connectivity index (χ3n) is 5.11. The first kappa shape index (κ1) is 19.2. The van der Waals surface area contributed by atoms with E-state index in [0.29, 0.717) is 16.5 Å². The lowest BCUT2D eigenvalue weighted by molar-refractivity contribution is 0.0997. The molecule has 31 heavy (non-hydrogen) atoms. The van der Waals surface area contributed by atoms with Gasteiger partial charge in [0, 0.05) is 21.8 Å². The second-order valence-electron chi connectivity index (χ2n) is 7.26. The second-order valence-corrected chi connectivity index (χ2v) is 7.69. The van der Waals surface area contributed by atoms with Crippen LogP contribution in [0.5, 0.6) is 0 Å². The summed E-state index contributed by atoms with van der Waals surface area (Å²) in [4.78, 5) is 20.8. The molecule has 5 rings (SSSR count). The Kier molecular flexibility index (Phi) is 4.81. The van der Waals surface area contributed by atoms with E-state index in [1.54, 1.807) is 24.3 Å². The Labute approximate surface area is 183 Å². The van der Waals surface area contributed by atoms with E-state index in [0.717, 1.165) is 33.5 Å². The van der Waals surface area contributed by atoms with Crippen LogP contribution in [0.3, 0.4) is 0 Å². The number of rotatable bonds is 4. The van der Waals surface area contributed by atoms with Crippen LogP contribution in [0, 0.1) is 6.92 Å². The van der Waals surface area contributed by atoms with E-state index in [2.05, 4.69) is 15.3 Å². The molecule has 0 aliphatic rings. The lowest BCUT2D eigenvalue weighted by Gasteiger charge is -2.09. The van der Waals surface area contributed by atoms with Crippen molar-refractivity contribution >= 4 is 34.2 Å². The van der Waals surface area contributed by atoms with Crippen molar-refractivity contribution in [1.82, 2.24) is 9.97 Å². The van der Waals surface area contributed by atoms with Gasteiger partial charge in [0.1, 0.15) is 11.6 Å². The van der Waals surface area contributed by atoms with Gasteiger partial charge in [-0.3, -0.25) is 4.79 Å². The second kappa shape index (κ2) is 7.78. The van der Waals surface area contributed by atoms with Gasteiger partial charge in [-0.25, -0.2) is 4.98 Å². The number of imidazole rings is 1. The fraction of sp³-hybridized carbons (Fsp3) is 0.0400. The summed E-state index contributed by atoms with van der Waals surface area (Å²) >= 11 is 5.94. The van der Waals surface area contributed by atoms with Gasteiger partial charge in [0.15, 0.2) is 5.76 Å². The molecule has 152 valence electrons. The molecule has 5 nitrogen and oxygen atoms in total. The summed E-state index contributed by atoms with van der Waals surface area (Å²) in [6.07, 6.45) is 0. The normalized spacial score (nSPS) is 11.0. The molecule has 0 saturated heterocycles. The van der Waals surface area contributed by atoms with Crippen LogP contribution in [0.1, 0.15) is 16.1 Å². The fourth-order valence-electron chi connectivity index (χ4n) is 3.41. The van der Waals surface area contributed by atoms with Crippen molar-refractivity contribution in [2.24, 2.45) is 0 Å². The molecule has 2 heterocycles. The van der Waals surface area contributed by atoms with Crippen molar-refractivity contribution in [3.05, 3.63) is 95.2 Å². The minimum atomic E-state index is -0.315. The first-order valence-electron chi connectivity index (χ1n) is 9.80. The van der Waals surface area contributed by atoms with Crippen molar-refractivity contribution in [2.75, 3.05) is 5.32 Å². The molecule has 0 spiro atoms. The van der Waals surface area contributed by atoms with Crippen molar-refractivity contribution in [2.45, 2.75) is 6.92 Å². The highest BCUT2D eigenvalue weighted by atomic mass is 35.5. The number of aromatic nitrogens is 2. The maximum atomic E-state index is 12.8. The highest BCUT2D eigenvalue weighted by Crippen LogP contribution is 2.27. The Morgan fingerprint density at radius 2 is 1.74 bits per heavy atom. The monoisotopic (exact) mass is 427 g/mol. The number of nitrogens with zero attached hydrogens (tertiary/aromatic N) is 1. The summed E-state index contributed by atoms with van der Waals surface area (Å²) in [6.45, 7) is 1.94. The van der Waals surface area contributed by atoms with Gasteiger partial charge in [0.25, 0.3) is 5.91 Å². The zero-order chi connectivity index (χ0) is 21.4. The summed E-state index contributed by atoms with van der Waals surface area (Å²) in [7, 11) is 0. The molecule has 1 amide bonds. The molecule has 0 saturated carbocycles. The summed E-state index contributed by atoms with van der Waals surface area (Å²) in [5.41, 5.74) is 5.25. The highest BCUT2D eigenvalue weighted by Gasteiger charge is 2.15. The molecule has 2 N–H and O–H groups in total. The van der Waals surface area contributed by atoms with Crippen LogP contribution in [0.25, 0.3) is 33.7 Å². The van der Waals surface area contributed by atoms with Crippen LogP contribution in [-0.2, 0) is 0 Å². The Balaban J connectivity index is 1.40. The molecule has 0 radical (unpaired) electrons. The molecular formula is C25H18ClN3O2. The minimum absolute atomic E-state index is 0.235. The number of aromatic amines is 1. The number of hydrogen-bond donors (Lipinski definition) is 2. The van der Waals surface area contributed by atoms with Crippen LogP contribution >= 0.6 is 11.6 Å². The Morgan fingerprint density at radius 1 is 0.968 bits per heavy atom. The maximum Gasteiger partial charge on any atom is 0.291 e. The van der Waals surface area contributed by atoms with Gasteiger partial charge in [0.2, 0.25) is 0 Å². The number of fused-ring (bicyclic) bond motifs is 1. The van der Waals surface area contributed by atoms with Gasteiger partial charge in [0.05, 0.1) is 11.0 Å². The molecule has 2 aromatic heterocycles. The third-order valence-corrected chi connectivity index (χ3v) is 5.36. The molecular weight excluding hydrogens is 410 g/mol. The molecule has 6 heteroatoms. The van der Waals surface area contributed by atoms with E-state index in [9.17, 15) is 4.79 Å². The minimum Gasteiger partial charge on any atom is -0.451 e. The number of hydrogen-bond acceptors (Lipinski definition) is 3. The third kappa shape index (κ3) is 3.83. The molecule has 0 unspecified atom stereocenters. The van der Waals surface area contributed by atoms with Crippen LogP contribution in [0.4, 0.5) is 5.69 Å². The number of H-pyrrole nitrogens is 1. The van der Waals surface area contributed by atoms with Crippen LogP contribution in [-0.4, -0.2) is 15.9 Å². The predicted molar refractivity (Wildman–Crippen MR) is 123 cm³/mol. The average molecular weight is 428 g/mol. The summed E-state index contributed by atoms with van der Waals surface area (Å²) in [6, 6.07) is 24.4. The Bertz CT molecular complexity index is 1370. The zero-order valence-corrected chi connectivity index (χ0v) is 17.4. The summed E-state index contributed by atoms with van der Waals surface area (Å²) in [5, 5.41) is 3.60. The first-order chi connectivity index (χ1) is 15.1. The van der Waals surface area contributed by atoms with Crippen LogP contribution in [0.15, 0.2) is 83.3 Å². The van der Waals surface area contributed by atoms with Gasteiger partial charge in [-0.1, -0.05) is 35.9 Å². The van der Waals surface area contributed by atoms with Crippen molar-refractivity contribution < 1.29 is 9.21 Å². The van der Waals surface area contributed by atoms with Crippen molar-refractivity contribution in [3.63, 3.8) is 0 Å². The molecule has 0 atom stereocenters. The lowest BCUT2D eigenvalue weighted by Crippen LogP contribution is -2.12. The standard InChI is InChI=1S/C25H18ClN3O2/c1-15-6-7-17(24-27-19-4-2-3-5-20(19)28-24)14-21(15)29-25(30)23-13-12-22(31-23)16-8-10-18(26)11-9-16/h2-14H,1H3,(H,27,28)(H,29,30). The predicted octanol–water partition coefficient (Wildman–Crippen LogP) is 6.70. The van der Waals surface area contributed by atoms with E-state index in [-0.39, 0.29) is 11.7 Å². The number of furan rings is 1. The number of carbonyl (C=O) groups is 1. The Morgan fingerprint density at radius 3 is 2.55 bits per heavy atom. The van der Waals surface area contributed by atoms with Crippen molar-refractivity contribution in [1.29, 1.82) is 0 Å². The Hall–Kier alpha value is -3.83. The summed E-state index contributed by atoms with van der Waals surface area (Å²) < 4.78 is 5.76. The summed E-state index contributed by atoms with van der Waals surface area (Å²) in [5.74, 6) is 1.28. The SMILES string of the molecule is Cc1ccc(-c2nc3ccccc3[nH]2)cc1NC(=O)c1ccc(-c2ccc(Cl)cc2)o1. The van der Waals surface area contributed by atoms with Crippen LogP contribution < -0.4 is 5.32 Å². The van der Waals surface area contributed by atoms with Crippen LogP contribution in [0.2, 0.25) is 5.02 Å². The van der Waals surface area contributed by atoms with E-state index in [4.69, 9.17) is 16.0 Å².